The van der Waals surface area contributed by atoms with Gasteiger partial charge in [-0.15, -0.1) is 24.2 Å². The Kier molecular flexibility index (Phi) is 7.16. The molecular weight excluding hydrogens is 248 g/mol. The van der Waals surface area contributed by atoms with Gasteiger partial charge in [-0.1, -0.05) is 18.2 Å². The van der Waals surface area contributed by atoms with E-state index in [1.165, 1.54) is 11.8 Å². The molecule has 1 aromatic carbocycles. The second kappa shape index (κ2) is 7.51. The Morgan fingerprint density at radius 3 is 2.62 bits per heavy atom. The van der Waals surface area contributed by atoms with E-state index in [1.54, 1.807) is 6.07 Å². The number of benzene rings is 1. The lowest BCUT2D eigenvalue weighted by Gasteiger charge is -2.09. The van der Waals surface area contributed by atoms with Crippen molar-refractivity contribution < 1.29 is 10.2 Å². The molecule has 16 heavy (non-hydrogen) atoms. The van der Waals surface area contributed by atoms with Crippen LogP contribution in [-0.4, -0.2) is 34.5 Å². The summed E-state index contributed by atoms with van der Waals surface area (Å²) in [5, 5.41) is 25.2. The first-order valence-electron chi connectivity index (χ1n) is 4.50. The smallest absolute Gasteiger partial charge is 0.123 e. The van der Waals surface area contributed by atoms with Gasteiger partial charge in [-0.3, -0.25) is 5.41 Å². The fourth-order valence-corrected chi connectivity index (χ4v) is 2.04. The van der Waals surface area contributed by atoms with Gasteiger partial charge in [0, 0.05) is 16.2 Å². The molecule has 0 aliphatic carbocycles. The number of nitrogens with one attached hydrogen (secondary N) is 1. The molecular formula is C10H15ClN2O2S. The SMILES string of the molecule is Cl.N=C(N)c1ccccc1SCC(O)CO. The van der Waals surface area contributed by atoms with Crippen molar-refractivity contribution in [3.8, 4) is 0 Å². The number of hydrogen-bond acceptors (Lipinski definition) is 4. The lowest BCUT2D eigenvalue weighted by molar-refractivity contribution is 0.113. The lowest BCUT2D eigenvalue weighted by Crippen LogP contribution is -2.16. The molecule has 1 atom stereocenters. The van der Waals surface area contributed by atoms with Crippen LogP contribution in [0.2, 0.25) is 0 Å². The molecule has 90 valence electrons. The second-order valence-electron chi connectivity index (χ2n) is 3.06. The van der Waals surface area contributed by atoms with Crippen LogP contribution < -0.4 is 5.73 Å². The molecule has 1 unspecified atom stereocenters. The largest absolute Gasteiger partial charge is 0.394 e. The molecule has 0 saturated carbocycles. The second-order valence-corrected chi connectivity index (χ2v) is 4.12. The number of halogens is 1. The van der Waals surface area contributed by atoms with Gasteiger partial charge in [0.1, 0.15) is 5.84 Å². The summed E-state index contributed by atoms with van der Waals surface area (Å²) in [5.41, 5.74) is 6.07. The van der Waals surface area contributed by atoms with Gasteiger partial charge < -0.3 is 15.9 Å². The molecule has 0 radical (unpaired) electrons. The highest BCUT2D eigenvalue weighted by molar-refractivity contribution is 7.99. The van der Waals surface area contributed by atoms with Gasteiger partial charge in [0.15, 0.2) is 0 Å². The molecule has 0 bridgehead atoms. The zero-order chi connectivity index (χ0) is 11.3. The van der Waals surface area contributed by atoms with Gasteiger partial charge in [-0.2, -0.15) is 0 Å². The van der Waals surface area contributed by atoms with Crippen LogP contribution in [0, 0.1) is 5.41 Å². The molecule has 0 fully saturated rings. The standard InChI is InChI=1S/C10H14N2O2S.ClH/c11-10(12)8-3-1-2-4-9(8)15-6-7(14)5-13;/h1-4,7,13-14H,5-6H2,(H3,11,12);1H. The zero-order valence-electron chi connectivity index (χ0n) is 8.59. The Morgan fingerprint density at radius 2 is 2.06 bits per heavy atom. The third-order valence-electron chi connectivity index (χ3n) is 1.82. The van der Waals surface area contributed by atoms with Crippen LogP contribution >= 0.6 is 24.2 Å². The number of thioether (sulfide) groups is 1. The van der Waals surface area contributed by atoms with Crippen molar-refractivity contribution in [2.45, 2.75) is 11.0 Å². The van der Waals surface area contributed by atoms with E-state index in [2.05, 4.69) is 0 Å². The summed E-state index contributed by atoms with van der Waals surface area (Å²) in [6.45, 7) is -0.255. The fraction of sp³-hybridized carbons (Fsp3) is 0.300. The maximum Gasteiger partial charge on any atom is 0.123 e. The Labute approximate surface area is 105 Å². The molecule has 0 heterocycles. The topological polar surface area (TPSA) is 90.3 Å². The van der Waals surface area contributed by atoms with Gasteiger partial charge in [0.05, 0.1) is 12.7 Å². The van der Waals surface area contributed by atoms with E-state index in [-0.39, 0.29) is 24.8 Å². The molecule has 6 heteroatoms. The minimum Gasteiger partial charge on any atom is -0.394 e. The third-order valence-corrected chi connectivity index (χ3v) is 3.04. The maximum atomic E-state index is 9.19. The summed E-state index contributed by atoms with van der Waals surface area (Å²) < 4.78 is 0. The fourth-order valence-electron chi connectivity index (χ4n) is 1.05. The van der Waals surface area contributed by atoms with Crippen molar-refractivity contribution in [3.63, 3.8) is 0 Å². The van der Waals surface area contributed by atoms with Crippen molar-refractivity contribution in [1.82, 2.24) is 0 Å². The highest BCUT2D eigenvalue weighted by Gasteiger charge is 2.07. The molecule has 0 aliphatic heterocycles. The predicted octanol–water partition coefficient (Wildman–Crippen LogP) is 0.838. The minimum atomic E-state index is -0.741. The van der Waals surface area contributed by atoms with E-state index >= 15 is 0 Å². The van der Waals surface area contributed by atoms with Crippen LogP contribution in [0.15, 0.2) is 29.2 Å². The Bertz CT molecular complexity index is 349. The van der Waals surface area contributed by atoms with Crippen molar-refractivity contribution in [2.75, 3.05) is 12.4 Å². The number of nitrogen functional groups attached to an aromatic ring is 1. The summed E-state index contributed by atoms with van der Waals surface area (Å²) >= 11 is 1.38. The Balaban J connectivity index is 0.00000225. The van der Waals surface area contributed by atoms with E-state index in [9.17, 15) is 5.11 Å². The lowest BCUT2D eigenvalue weighted by atomic mass is 10.2. The molecule has 5 N–H and O–H groups in total. The Morgan fingerprint density at radius 1 is 1.44 bits per heavy atom. The average Bonchev–Trinajstić information content (AvgIpc) is 2.26. The van der Waals surface area contributed by atoms with Crippen molar-refractivity contribution >= 4 is 30.0 Å². The van der Waals surface area contributed by atoms with Gasteiger partial charge in [0.2, 0.25) is 0 Å². The molecule has 4 nitrogen and oxygen atoms in total. The Hall–Kier alpha value is -0.750. The predicted molar refractivity (Wildman–Crippen MR) is 68.5 cm³/mol. The summed E-state index contributed by atoms with van der Waals surface area (Å²) in [6, 6.07) is 7.25. The van der Waals surface area contributed by atoms with Gasteiger partial charge in [-0.25, -0.2) is 0 Å². The highest BCUT2D eigenvalue weighted by atomic mass is 35.5. The quantitative estimate of drug-likeness (QED) is 0.360. The number of aliphatic hydroxyl groups is 2. The first-order chi connectivity index (χ1) is 7.15. The average molecular weight is 263 g/mol. The molecule has 0 amide bonds. The molecule has 0 aliphatic rings. The van der Waals surface area contributed by atoms with E-state index in [1.807, 2.05) is 18.2 Å². The zero-order valence-corrected chi connectivity index (χ0v) is 10.2. The van der Waals surface area contributed by atoms with Gasteiger partial charge >= 0.3 is 0 Å². The number of amidine groups is 1. The molecule has 0 spiro atoms. The summed E-state index contributed by atoms with van der Waals surface area (Å²) in [5.74, 6) is 0.400. The summed E-state index contributed by atoms with van der Waals surface area (Å²) in [4.78, 5) is 0.845. The van der Waals surface area contributed by atoms with Crippen LogP contribution in [0.3, 0.4) is 0 Å². The van der Waals surface area contributed by atoms with Gasteiger partial charge in [-0.05, 0) is 6.07 Å². The van der Waals surface area contributed by atoms with E-state index in [4.69, 9.17) is 16.2 Å². The maximum absolute atomic E-state index is 9.19. The van der Waals surface area contributed by atoms with Crippen LogP contribution in [0.5, 0.6) is 0 Å². The summed E-state index contributed by atoms with van der Waals surface area (Å²) in [6.07, 6.45) is -0.741. The van der Waals surface area contributed by atoms with Crippen LogP contribution in [0.25, 0.3) is 0 Å². The molecule has 1 aromatic rings. The summed E-state index contributed by atoms with van der Waals surface area (Å²) in [7, 11) is 0. The van der Waals surface area contributed by atoms with E-state index in [0.717, 1.165) is 4.90 Å². The third kappa shape index (κ3) is 4.40. The number of nitrogens with two attached hydrogens (primary N) is 1. The van der Waals surface area contributed by atoms with E-state index < -0.39 is 6.10 Å². The van der Waals surface area contributed by atoms with Gasteiger partial charge in [0.25, 0.3) is 0 Å². The van der Waals surface area contributed by atoms with Crippen molar-refractivity contribution in [1.29, 1.82) is 5.41 Å². The van der Waals surface area contributed by atoms with Crippen LogP contribution in [0.4, 0.5) is 0 Å². The number of aliphatic hydroxyl groups excluding tert-OH is 2. The number of hydrogen-bond donors (Lipinski definition) is 4. The molecule has 1 rings (SSSR count). The minimum absolute atomic E-state index is 0. The van der Waals surface area contributed by atoms with Crippen LogP contribution in [0.1, 0.15) is 5.56 Å². The highest BCUT2D eigenvalue weighted by Crippen LogP contribution is 2.22. The normalized spacial score (nSPS) is 11.6. The molecule has 0 saturated heterocycles. The monoisotopic (exact) mass is 262 g/mol. The first-order valence-corrected chi connectivity index (χ1v) is 5.49. The first kappa shape index (κ1) is 15.2. The number of rotatable bonds is 5. The van der Waals surface area contributed by atoms with Crippen molar-refractivity contribution in [3.05, 3.63) is 29.8 Å². The van der Waals surface area contributed by atoms with Crippen molar-refractivity contribution in [2.24, 2.45) is 5.73 Å². The molecule has 0 aromatic heterocycles. The van der Waals surface area contributed by atoms with Crippen LogP contribution in [-0.2, 0) is 0 Å². The van der Waals surface area contributed by atoms with E-state index in [0.29, 0.717) is 11.3 Å².